The van der Waals surface area contributed by atoms with Crippen LogP contribution in [0.25, 0.3) is 11.1 Å². The van der Waals surface area contributed by atoms with Gasteiger partial charge in [0.2, 0.25) is 0 Å². The van der Waals surface area contributed by atoms with E-state index in [9.17, 15) is 18.0 Å². The maximum atomic E-state index is 12.3. The van der Waals surface area contributed by atoms with Gasteiger partial charge in [0.15, 0.2) is 0 Å². The van der Waals surface area contributed by atoms with Crippen LogP contribution in [0.3, 0.4) is 0 Å². The fourth-order valence-corrected chi connectivity index (χ4v) is 3.94. The Morgan fingerprint density at radius 3 is 2.56 bits per heavy atom. The first-order valence-corrected chi connectivity index (χ1v) is 8.21. The van der Waals surface area contributed by atoms with Gasteiger partial charge in [0.05, 0.1) is 0 Å². The van der Waals surface area contributed by atoms with Crippen LogP contribution < -0.4 is 15.6 Å². The molecule has 2 aliphatic heterocycles. The zero-order chi connectivity index (χ0) is 17.6. The van der Waals surface area contributed by atoms with Crippen LogP contribution in [-0.4, -0.2) is 24.0 Å². The Morgan fingerprint density at radius 1 is 1.08 bits per heavy atom. The zero-order valence-corrected chi connectivity index (χ0v) is 13.3. The Labute approximate surface area is 142 Å². The van der Waals surface area contributed by atoms with Crippen molar-refractivity contribution in [3.63, 3.8) is 0 Å². The third-order valence-corrected chi connectivity index (χ3v) is 4.89. The first-order valence-electron chi connectivity index (χ1n) is 8.21. The molecule has 0 saturated carbocycles. The van der Waals surface area contributed by atoms with Crippen LogP contribution in [0.1, 0.15) is 18.0 Å². The highest BCUT2D eigenvalue weighted by molar-refractivity contribution is 5.67. The molecule has 0 unspecified atom stereocenters. The molecule has 2 aliphatic rings. The minimum atomic E-state index is -4.70. The van der Waals surface area contributed by atoms with Gasteiger partial charge in [-0.1, -0.05) is 12.1 Å². The first-order chi connectivity index (χ1) is 11.9. The Hall–Kier alpha value is -2.28. The number of ether oxygens (including phenoxy) is 1. The summed E-state index contributed by atoms with van der Waals surface area (Å²) in [5.41, 5.74) is 2.63. The number of alkyl halides is 3. The summed E-state index contributed by atoms with van der Waals surface area (Å²) in [5, 5.41) is 3.40. The lowest BCUT2D eigenvalue weighted by molar-refractivity contribution is -0.274. The number of hydrogen-bond acceptors (Lipinski definition) is 3. The molecule has 1 aromatic heterocycles. The van der Waals surface area contributed by atoms with Gasteiger partial charge in [-0.2, -0.15) is 0 Å². The van der Waals surface area contributed by atoms with Gasteiger partial charge in [-0.25, -0.2) is 0 Å². The van der Waals surface area contributed by atoms with Crippen molar-refractivity contribution in [2.24, 2.45) is 5.92 Å². The molecule has 1 saturated heterocycles. The lowest BCUT2D eigenvalue weighted by atomic mass is 9.81. The van der Waals surface area contributed by atoms with Crippen LogP contribution in [0.5, 0.6) is 5.75 Å². The van der Waals surface area contributed by atoms with E-state index in [2.05, 4.69) is 10.1 Å². The Balaban J connectivity index is 1.74. The largest absolute Gasteiger partial charge is 0.573 e. The number of nitrogens with zero attached hydrogens (tertiary/aromatic N) is 1. The maximum Gasteiger partial charge on any atom is 0.573 e. The monoisotopic (exact) mass is 350 g/mol. The molecule has 2 aromatic rings. The van der Waals surface area contributed by atoms with Gasteiger partial charge >= 0.3 is 6.36 Å². The third-order valence-electron chi connectivity index (χ3n) is 4.89. The summed E-state index contributed by atoms with van der Waals surface area (Å²) in [6, 6.07) is 9.11. The predicted molar refractivity (Wildman–Crippen MR) is 86.5 cm³/mol. The summed E-state index contributed by atoms with van der Waals surface area (Å²) in [6.07, 6.45) is -3.68. The molecule has 1 aromatic carbocycles. The number of pyridine rings is 1. The van der Waals surface area contributed by atoms with Crippen molar-refractivity contribution >= 4 is 0 Å². The number of benzene rings is 1. The lowest BCUT2D eigenvalue weighted by Gasteiger charge is -2.38. The van der Waals surface area contributed by atoms with Crippen LogP contribution in [0.4, 0.5) is 13.2 Å². The van der Waals surface area contributed by atoms with Gasteiger partial charge in [0.1, 0.15) is 5.75 Å². The van der Waals surface area contributed by atoms with Gasteiger partial charge in [0, 0.05) is 36.3 Å². The fourth-order valence-electron chi connectivity index (χ4n) is 3.94. The molecule has 7 heteroatoms. The number of halogens is 3. The fraction of sp³-hybridized carbons (Fsp3) is 0.389. The van der Waals surface area contributed by atoms with Gasteiger partial charge in [0.25, 0.3) is 5.56 Å². The highest BCUT2D eigenvalue weighted by Gasteiger charge is 2.33. The number of aromatic nitrogens is 1. The van der Waals surface area contributed by atoms with E-state index < -0.39 is 6.36 Å². The number of hydrogen-bond donors (Lipinski definition) is 1. The molecule has 0 aliphatic carbocycles. The number of fused-ring (bicyclic) bond motifs is 4. The molecule has 4 rings (SSSR count). The van der Waals surface area contributed by atoms with Crippen molar-refractivity contribution < 1.29 is 17.9 Å². The number of rotatable bonds is 2. The van der Waals surface area contributed by atoms with E-state index >= 15 is 0 Å². The van der Waals surface area contributed by atoms with Crippen LogP contribution in [0.2, 0.25) is 0 Å². The van der Waals surface area contributed by atoms with Gasteiger partial charge < -0.3 is 14.6 Å². The average molecular weight is 350 g/mol. The molecule has 0 amide bonds. The summed E-state index contributed by atoms with van der Waals surface area (Å²) < 4.78 is 42.7. The number of nitrogens with one attached hydrogen (secondary N) is 1. The third kappa shape index (κ3) is 3.16. The molecule has 1 N–H and O–H groups in total. The second kappa shape index (κ2) is 5.91. The van der Waals surface area contributed by atoms with Crippen molar-refractivity contribution in [1.82, 2.24) is 9.88 Å². The SMILES string of the molecule is O=c1ccc(-c2ccc(OC(F)(F)F)cc2)c2n1C[C@@H]1CNC[C@@H]2C1. The van der Waals surface area contributed by atoms with Gasteiger partial charge in [-0.3, -0.25) is 4.79 Å². The van der Waals surface area contributed by atoms with Crippen LogP contribution in [0.15, 0.2) is 41.2 Å². The van der Waals surface area contributed by atoms with Crippen molar-refractivity contribution in [3.8, 4) is 16.9 Å². The van der Waals surface area contributed by atoms with E-state index in [1.807, 2.05) is 4.57 Å². The highest BCUT2D eigenvalue weighted by Crippen LogP contribution is 2.38. The van der Waals surface area contributed by atoms with Crippen molar-refractivity contribution in [2.45, 2.75) is 25.2 Å². The molecular weight excluding hydrogens is 333 g/mol. The summed E-state index contributed by atoms with van der Waals surface area (Å²) in [6.45, 7) is 2.40. The first kappa shape index (κ1) is 16.2. The summed E-state index contributed by atoms with van der Waals surface area (Å²) in [4.78, 5) is 12.3. The second-order valence-electron chi connectivity index (χ2n) is 6.61. The zero-order valence-electron chi connectivity index (χ0n) is 13.3. The maximum absolute atomic E-state index is 12.3. The summed E-state index contributed by atoms with van der Waals surface area (Å²) in [7, 11) is 0. The predicted octanol–water partition coefficient (Wildman–Crippen LogP) is 3.12. The summed E-state index contributed by atoms with van der Waals surface area (Å²) >= 11 is 0. The molecule has 2 atom stereocenters. The molecule has 3 heterocycles. The van der Waals surface area contributed by atoms with Crippen LogP contribution >= 0.6 is 0 Å². The van der Waals surface area contributed by atoms with Crippen LogP contribution in [-0.2, 0) is 6.54 Å². The van der Waals surface area contributed by atoms with E-state index in [0.29, 0.717) is 12.5 Å². The van der Waals surface area contributed by atoms with Crippen LogP contribution in [0, 0.1) is 5.92 Å². The lowest BCUT2D eigenvalue weighted by Crippen LogP contribution is -2.45. The van der Waals surface area contributed by atoms with E-state index in [4.69, 9.17) is 0 Å². The van der Waals surface area contributed by atoms with Crippen molar-refractivity contribution in [2.75, 3.05) is 13.1 Å². The van der Waals surface area contributed by atoms with E-state index in [1.54, 1.807) is 18.2 Å². The van der Waals surface area contributed by atoms with E-state index in [0.717, 1.165) is 36.3 Å². The molecule has 1 fully saturated rings. The van der Waals surface area contributed by atoms with E-state index in [-0.39, 0.29) is 17.2 Å². The quantitative estimate of drug-likeness (QED) is 0.905. The van der Waals surface area contributed by atoms with Gasteiger partial charge in [-0.05, 0) is 42.6 Å². The smallest absolute Gasteiger partial charge is 0.406 e. The molecule has 0 radical (unpaired) electrons. The summed E-state index contributed by atoms with van der Waals surface area (Å²) in [5.74, 6) is 0.432. The Bertz CT molecular complexity index is 843. The van der Waals surface area contributed by atoms with E-state index in [1.165, 1.54) is 18.2 Å². The molecule has 2 bridgehead atoms. The Morgan fingerprint density at radius 2 is 1.84 bits per heavy atom. The van der Waals surface area contributed by atoms with Gasteiger partial charge in [-0.15, -0.1) is 13.2 Å². The minimum absolute atomic E-state index is 0.0209. The van der Waals surface area contributed by atoms with Crippen molar-refractivity contribution in [3.05, 3.63) is 52.4 Å². The topological polar surface area (TPSA) is 43.3 Å². The standard InChI is InChI=1S/C18H17F3N2O2/c19-18(20,21)25-14-3-1-12(2-4-14)15-5-6-16(24)23-10-11-7-13(17(15)23)9-22-8-11/h1-6,11,13,22H,7-10H2/t11-,13-/m0/s1. The normalized spacial score (nSPS) is 22.4. The second-order valence-corrected chi connectivity index (χ2v) is 6.61. The molecular formula is C18H17F3N2O2. The Kier molecular flexibility index (Phi) is 3.83. The number of piperidine rings is 1. The molecule has 0 spiro atoms. The molecule has 4 nitrogen and oxygen atoms in total. The van der Waals surface area contributed by atoms with Crippen molar-refractivity contribution in [1.29, 1.82) is 0 Å². The molecule has 132 valence electrons. The minimum Gasteiger partial charge on any atom is -0.406 e. The molecule has 25 heavy (non-hydrogen) atoms. The highest BCUT2D eigenvalue weighted by atomic mass is 19.4. The average Bonchev–Trinajstić information content (AvgIpc) is 2.56.